The first-order valence-electron chi connectivity index (χ1n) is 6.04. The lowest BCUT2D eigenvalue weighted by Crippen LogP contribution is -2.35. The van der Waals surface area contributed by atoms with Gasteiger partial charge in [-0.05, 0) is 44.9 Å². The van der Waals surface area contributed by atoms with E-state index >= 15 is 0 Å². The number of halogens is 2. The minimum absolute atomic E-state index is 0.0201. The van der Waals surface area contributed by atoms with Gasteiger partial charge >= 0.3 is 0 Å². The summed E-state index contributed by atoms with van der Waals surface area (Å²) >= 11 is 0. The van der Waals surface area contributed by atoms with Crippen molar-refractivity contribution in [2.75, 3.05) is 6.61 Å². The Morgan fingerprint density at radius 3 is 2.50 bits per heavy atom. The molecule has 0 radical (unpaired) electrons. The predicted octanol–water partition coefficient (Wildman–Crippen LogP) is 3.53. The van der Waals surface area contributed by atoms with Crippen LogP contribution in [0.4, 0.5) is 8.78 Å². The molecule has 1 aromatic rings. The fourth-order valence-electron chi connectivity index (χ4n) is 1.52. The summed E-state index contributed by atoms with van der Waals surface area (Å²) in [5, 5.41) is 3.37. The number of hydrogen-bond donors (Lipinski definition) is 1. The molecule has 0 aliphatic rings. The second kappa shape index (κ2) is 6.14. The Bertz CT molecular complexity index is 386. The Balaban J connectivity index is 2.72. The van der Waals surface area contributed by atoms with Crippen molar-refractivity contribution in [2.24, 2.45) is 0 Å². The Labute approximate surface area is 107 Å². The second-order valence-corrected chi connectivity index (χ2v) is 5.35. The number of nitrogens with one attached hydrogen (secondary N) is 1. The lowest BCUT2D eigenvalue weighted by Gasteiger charge is -2.22. The highest BCUT2D eigenvalue weighted by Crippen LogP contribution is 2.22. The molecule has 0 spiro atoms. The molecular formula is C14H21F2NO. The highest BCUT2D eigenvalue weighted by Gasteiger charge is 2.12. The predicted molar refractivity (Wildman–Crippen MR) is 69.3 cm³/mol. The van der Waals surface area contributed by atoms with Crippen LogP contribution in [0.3, 0.4) is 0 Å². The van der Waals surface area contributed by atoms with E-state index in [1.807, 2.05) is 19.1 Å². The average Bonchev–Trinajstić information content (AvgIpc) is 2.24. The third kappa shape index (κ3) is 5.00. The van der Waals surface area contributed by atoms with Crippen LogP contribution in [0.1, 0.15) is 31.9 Å². The molecule has 0 amide bonds. The van der Waals surface area contributed by atoms with Gasteiger partial charge in [-0.15, -0.1) is 0 Å². The molecule has 4 heteroatoms. The van der Waals surface area contributed by atoms with Gasteiger partial charge in [0, 0.05) is 12.1 Å². The molecule has 0 heterocycles. The maximum absolute atomic E-state index is 12.1. The third-order valence-corrected chi connectivity index (χ3v) is 2.57. The summed E-state index contributed by atoms with van der Waals surface area (Å²) in [7, 11) is 0. The van der Waals surface area contributed by atoms with Crippen LogP contribution in [0.5, 0.6) is 5.75 Å². The zero-order valence-electron chi connectivity index (χ0n) is 11.4. The largest absolute Gasteiger partial charge is 0.487 e. The summed E-state index contributed by atoms with van der Waals surface area (Å²) in [4.78, 5) is 0. The maximum Gasteiger partial charge on any atom is 0.272 e. The van der Waals surface area contributed by atoms with Crippen molar-refractivity contribution in [3.8, 4) is 5.75 Å². The first-order chi connectivity index (χ1) is 8.29. The van der Waals surface area contributed by atoms with Crippen LogP contribution in [0.15, 0.2) is 18.2 Å². The summed E-state index contributed by atoms with van der Waals surface area (Å²) in [5.41, 5.74) is 2.00. The molecule has 0 aromatic heterocycles. The van der Waals surface area contributed by atoms with Gasteiger partial charge in [-0.2, -0.15) is 0 Å². The fourth-order valence-corrected chi connectivity index (χ4v) is 1.52. The van der Waals surface area contributed by atoms with Gasteiger partial charge in [0.1, 0.15) is 12.4 Å². The Hall–Kier alpha value is -1.16. The van der Waals surface area contributed by atoms with E-state index in [1.54, 1.807) is 6.07 Å². The molecule has 102 valence electrons. The average molecular weight is 257 g/mol. The zero-order valence-corrected chi connectivity index (χ0v) is 11.4. The van der Waals surface area contributed by atoms with E-state index in [2.05, 4.69) is 26.1 Å². The zero-order chi connectivity index (χ0) is 13.8. The molecule has 0 saturated heterocycles. The molecular weight excluding hydrogens is 236 g/mol. The van der Waals surface area contributed by atoms with Crippen LogP contribution in [0, 0.1) is 6.92 Å². The molecule has 1 rings (SSSR count). The first kappa shape index (κ1) is 14.9. The lowest BCUT2D eigenvalue weighted by atomic mass is 10.0. The summed E-state index contributed by atoms with van der Waals surface area (Å²) in [6.45, 7) is 8.27. The Morgan fingerprint density at radius 2 is 1.94 bits per heavy atom. The van der Waals surface area contributed by atoms with E-state index in [9.17, 15) is 8.78 Å². The van der Waals surface area contributed by atoms with Crippen molar-refractivity contribution in [3.63, 3.8) is 0 Å². The lowest BCUT2D eigenvalue weighted by molar-refractivity contribution is 0.0815. The highest BCUT2D eigenvalue weighted by atomic mass is 19.3. The van der Waals surface area contributed by atoms with E-state index in [-0.39, 0.29) is 5.54 Å². The first-order valence-corrected chi connectivity index (χ1v) is 6.04. The summed E-state index contributed by atoms with van der Waals surface area (Å²) in [6.07, 6.45) is -2.44. The van der Waals surface area contributed by atoms with Gasteiger partial charge in [-0.3, -0.25) is 0 Å². The fraction of sp³-hybridized carbons (Fsp3) is 0.571. The van der Waals surface area contributed by atoms with Crippen molar-refractivity contribution in [2.45, 2.75) is 46.2 Å². The molecule has 1 N–H and O–H groups in total. The van der Waals surface area contributed by atoms with E-state index in [1.165, 1.54) is 0 Å². The van der Waals surface area contributed by atoms with Gasteiger partial charge in [0.25, 0.3) is 6.43 Å². The maximum atomic E-state index is 12.1. The standard InChI is InChI=1S/C14H21F2NO/c1-10-11(8-17-14(2,3)4)6-5-7-12(10)18-9-13(15)16/h5-7,13,17H,8-9H2,1-4H3. The number of ether oxygens (including phenoxy) is 1. The van der Waals surface area contributed by atoms with Gasteiger partial charge in [-0.25, -0.2) is 8.78 Å². The number of alkyl halides is 2. The molecule has 0 aliphatic heterocycles. The SMILES string of the molecule is Cc1c(CNC(C)(C)C)cccc1OCC(F)F. The number of benzene rings is 1. The van der Waals surface area contributed by atoms with Crippen LogP contribution in [0.2, 0.25) is 0 Å². The van der Waals surface area contributed by atoms with Gasteiger partial charge in [0.05, 0.1) is 0 Å². The van der Waals surface area contributed by atoms with E-state index in [4.69, 9.17) is 4.74 Å². The third-order valence-electron chi connectivity index (χ3n) is 2.57. The van der Waals surface area contributed by atoms with Gasteiger partial charge < -0.3 is 10.1 Å². The molecule has 18 heavy (non-hydrogen) atoms. The normalized spacial score (nSPS) is 11.9. The highest BCUT2D eigenvalue weighted by molar-refractivity contribution is 5.39. The minimum Gasteiger partial charge on any atom is -0.487 e. The van der Waals surface area contributed by atoms with Crippen molar-refractivity contribution in [1.82, 2.24) is 5.32 Å². The van der Waals surface area contributed by atoms with Crippen molar-refractivity contribution in [1.29, 1.82) is 0 Å². The monoisotopic (exact) mass is 257 g/mol. The summed E-state index contributed by atoms with van der Waals surface area (Å²) in [5.74, 6) is 0.531. The summed E-state index contributed by atoms with van der Waals surface area (Å²) in [6, 6.07) is 5.52. The van der Waals surface area contributed by atoms with Gasteiger partial charge in [0.15, 0.2) is 0 Å². The van der Waals surface area contributed by atoms with Crippen molar-refractivity contribution < 1.29 is 13.5 Å². The van der Waals surface area contributed by atoms with Crippen molar-refractivity contribution in [3.05, 3.63) is 29.3 Å². The van der Waals surface area contributed by atoms with Gasteiger partial charge in [0.2, 0.25) is 0 Å². The molecule has 2 nitrogen and oxygen atoms in total. The minimum atomic E-state index is -2.44. The van der Waals surface area contributed by atoms with E-state index in [0.717, 1.165) is 11.1 Å². The Morgan fingerprint density at radius 1 is 1.28 bits per heavy atom. The van der Waals surface area contributed by atoms with Crippen molar-refractivity contribution >= 4 is 0 Å². The van der Waals surface area contributed by atoms with Gasteiger partial charge in [-0.1, -0.05) is 12.1 Å². The van der Waals surface area contributed by atoms with Crippen LogP contribution < -0.4 is 10.1 Å². The number of hydrogen-bond acceptors (Lipinski definition) is 2. The Kier molecular flexibility index (Phi) is 5.08. The van der Waals surface area contributed by atoms with E-state index in [0.29, 0.717) is 12.3 Å². The quantitative estimate of drug-likeness (QED) is 0.871. The molecule has 0 unspecified atom stereocenters. The molecule has 0 bridgehead atoms. The molecule has 0 atom stereocenters. The topological polar surface area (TPSA) is 21.3 Å². The summed E-state index contributed by atoms with van der Waals surface area (Å²) < 4.78 is 29.3. The van der Waals surface area contributed by atoms with Crippen LogP contribution in [-0.4, -0.2) is 18.6 Å². The van der Waals surface area contributed by atoms with Crippen LogP contribution >= 0.6 is 0 Å². The smallest absolute Gasteiger partial charge is 0.272 e. The number of rotatable bonds is 5. The molecule has 0 aliphatic carbocycles. The molecule has 0 fully saturated rings. The molecule has 0 saturated carbocycles. The molecule has 1 aromatic carbocycles. The van der Waals surface area contributed by atoms with E-state index < -0.39 is 13.0 Å². The second-order valence-electron chi connectivity index (χ2n) is 5.35. The van der Waals surface area contributed by atoms with Crippen LogP contribution in [-0.2, 0) is 6.54 Å². The van der Waals surface area contributed by atoms with Crippen LogP contribution in [0.25, 0.3) is 0 Å².